The number of ether oxygens (including phenoxy) is 1. The highest BCUT2D eigenvalue weighted by Gasteiger charge is 2.28. The smallest absolute Gasteiger partial charge is 0.353 e. The van der Waals surface area contributed by atoms with Crippen LogP contribution in [0.1, 0.15) is 43.7 Å². The SMILES string of the molecule is C[C@H](N[C@@H](Cc1ccc(-c2ccccc2)cc1)C(=O)Nc1cc(C(=O)O)[nH]n1)C(=O)OC(C)(C)C. The van der Waals surface area contributed by atoms with Crippen LogP contribution in [0.3, 0.4) is 0 Å². The highest BCUT2D eigenvalue weighted by Crippen LogP contribution is 2.20. The number of carboxylic acid groups (broad SMARTS) is 1. The third kappa shape index (κ3) is 7.51. The monoisotopic (exact) mass is 478 g/mol. The molecule has 0 aliphatic carbocycles. The van der Waals surface area contributed by atoms with Crippen LogP contribution in [0.25, 0.3) is 11.1 Å². The Hall–Kier alpha value is -3.98. The van der Waals surface area contributed by atoms with Crippen molar-refractivity contribution in [1.29, 1.82) is 0 Å². The molecule has 2 aromatic carbocycles. The second kappa shape index (κ2) is 11.0. The molecule has 0 bridgehead atoms. The largest absolute Gasteiger partial charge is 0.477 e. The first-order valence-corrected chi connectivity index (χ1v) is 11.2. The molecule has 1 heterocycles. The molecule has 0 spiro atoms. The van der Waals surface area contributed by atoms with Gasteiger partial charge in [-0.3, -0.25) is 20.0 Å². The van der Waals surface area contributed by atoms with E-state index in [-0.39, 0.29) is 17.9 Å². The van der Waals surface area contributed by atoms with Gasteiger partial charge in [0.15, 0.2) is 5.82 Å². The third-order valence-corrected chi connectivity index (χ3v) is 5.09. The van der Waals surface area contributed by atoms with Crippen LogP contribution in [0.4, 0.5) is 5.82 Å². The van der Waals surface area contributed by atoms with Gasteiger partial charge < -0.3 is 15.2 Å². The number of aromatic carboxylic acids is 1. The van der Waals surface area contributed by atoms with Gasteiger partial charge in [-0.1, -0.05) is 54.6 Å². The molecule has 2 atom stereocenters. The molecule has 0 saturated carbocycles. The summed E-state index contributed by atoms with van der Waals surface area (Å²) in [7, 11) is 0. The summed E-state index contributed by atoms with van der Waals surface area (Å²) in [4.78, 5) is 36.7. The molecule has 9 nitrogen and oxygen atoms in total. The summed E-state index contributed by atoms with van der Waals surface area (Å²) < 4.78 is 5.43. The number of esters is 1. The second-order valence-electron chi connectivity index (χ2n) is 9.20. The lowest BCUT2D eigenvalue weighted by Crippen LogP contribution is -2.50. The first-order valence-electron chi connectivity index (χ1n) is 11.2. The van der Waals surface area contributed by atoms with E-state index in [0.29, 0.717) is 0 Å². The van der Waals surface area contributed by atoms with Crippen LogP contribution >= 0.6 is 0 Å². The number of carbonyl (C=O) groups is 3. The standard InChI is InChI=1S/C26H30N4O5/c1-16(25(34)35-26(2,3)4)27-20(23(31)28-22-15-21(24(32)33)29-30-22)14-17-10-12-19(13-11-17)18-8-6-5-7-9-18/h5-13,15-16,20,27H,14H2,1-4H3,(H,32,33)(H2,28,29,30,31)/t16-,20-/m0/s1. The highest BCUT2D eigenvalue weighted by atomic mass is 16.6. The van der Waals surface area contributed by atoms with Crippen molar-refractivity contribution in [3.05, 3.63) is 71.9 Å². The van der Waals surface area contributed by atoms with E-state index in [0.717, 1.165) is 16.7 Å². The Morgan fingerprint density at radius 2 is 1.66 bits per heavy atom. The van der Waals surface area contributed by atoms with Crippen LogP contribution in [0, 0.1) is 0 Å². The van der Waals surface area contributed by atoms with E-state index in [2.05, 4.69) is 20.8 Å². The number of amides is 1. The number of aromatic amines is 1. The van der Waals surface area contributed by atoms with E-state index in [1.165, 1.54) is 6.07 Å². The number of anilines is 1. The fraction of sp³-hybridized carbons (Fsp3) is 0.308. The van der Waals surface area contributed by atoms with Crippen molar-refractivity contribution in [2.24, 2.45) is 0 Å². The molecule has 35 heavy (non-hydrogen) atoms. The number of hydrogen-bond acceptors (Lipinski definition) is 6. The van der Waals surface area contributed by atoms with Gasteiger partial charge in [-0.2, -0.15) is 5.10 Å². The van der Waals surface area contributed by atoms with Crippen molar-refractivity contribution in [3.63, 3.8) is 0 Å². The Labute approximate surface area is 203 Å². The number of rotatable bonds is 9. The minimum atomic E-state index is -1.19. The predicted molar refractivity (Wildman–Crippen MR) is 132 cm³/mol. The Bertz CT molecular complexity index is 1170. The zero-order valence-electron chi connectivity index (χ0n) is 20.2. The fourth-order valence-electron chi connectivity index (χ4n) is 3.40. The minimum Gasteiger partial charge on any atom is -0.477 e. The number of carboxylic acids is 1. The average molecular weight is 479 g/mol. The van der Waals surface area contributed by atoms with Crippen LogP contribution in [0.2, 0.25) is 0 Å². The molecule has 1 amide bonds. The number of nitrogens with zero attached hydrogens (tertiary/aromatic N) is 1. The molecule has 0 aliphatic rings. The fourth-order valence-corrected chi connectivity index (χ4v) is 3.40. The summed E-state index contributed by atoms with van der Waals surface area (Å²) in [6.07, 6.45) is 0.282. The summed E-state index contributed by atoms with van der Waals surface area (Å²) in [6.45, 7) is 6.94. The first-order chi connectivity index (χ1) is 16.5. The normalized spacial score (nSPS) is 13.0. The summed E-state index contributed by atoms with van der Waals surface area (Å²) in [6, 6.07) is 17.4. The van der Waals surface area contributed by atoms with Gasteiger partial charge >= 0.3 is 11.9 Å². The molecule has 0 saturated heterocycles. The van der Waals surface area contributed by atoms with Crippen molar-refractivity contribution in [2.45, 2.75) is 51.8 Å². The Morgan fingerprint density at radius 1 is 1.03 bits per heavy atom. The number of carbonyl (C=O) groups excluding carboxylic acids is 2. The zero-order valence-corrected chi connectivity index (χ0v) is 20.2. The molecular formula is C26H30N4O5. The van der Waals surface area contributed by atoms with E-state index >= 15 is 0 Å². The van der Waals surface area contributed by atoms with Crippen molar-refractivity contribution < 1.29 is 24.2 Å². The van der Waals surface area contributed by atoms with Crippen molar-refractivity contribution in [2.75, 3.05) is 5.32 Å². The highest BCUT2D eigenvalue weighted by molar-refractivity contribution is 5.96. The van der Waals surface area contributed by atoms with E-state index in [1.807, 2.05) is 54.6 Å². The summed E-state index contributed by atoms with van der Waals surface area (Å²) in [5.74, 6) is -2.06. The molecule has 3 rings (SSSR count). The molecule has 0 unspecified atom stereocenters. The molecule has 1 aromatic heterocycles. The van der Waals surface area contributed by atoms with Gasteiger partial charge in [-0.05, 0) is 50.8 Å². The predicted octanol–water partition coefficient (Wildman–Crippen LogP) is 3.64. The Morgan fingerprint density at radius 3 is 2.23 bits per heavy atom. The number of aromatic nitrogens is 2. The van der Waals surface area contributed by atoms with Crippen molar-refractivity contribution >= 4 is 23.7 Å². The minimum absolute atomic E-state index is 0.0727. The molecule has 0 fully saturated rings. The van der Waals surface area contributed by atoms with Gasteiger partial charge in [-0.15, -0.1) is 0 Å². The van der Waals surface area contributed by atoms with Crippen LogP contribution in [-0.4, -0.2) is 50.8 Å². The van der Waals surface area contributed by atoms with Gasteiger partial charge in [-0.25, -0.2) is 4.79 Å². The van der Waals surface area contributed by atoms with Gasteiger partial charge in [0.1, 0.15) is 17.3 Å². The molecule has 184 valence electrons. The van der Waals surface area contributed by atoms with Gasteiger partial charge in [0, 0.05) is 6.07 Å². The lowest BCUT2D eigenvalue weighted by atomic mass is 10.00. The zero-order chi connectivity index (χ0) is 25.6. The number of nitrogens with one attached hydrogen (secondary N) is 3. The van der Waals surface area contributed by atoms with E-state index in [9.17, 15) is 14.4 Å². The molecular weight excluding hydrogens is 448 g/mol. The third-order valence-electron chi connectivity index (χ3n) is 5.09. The lowest BCUT2D eigenvalue weighted by Gasteiger charge is -2.25. The summed E-state index contributed by atoms with van der Waals surface area (Å²) in [5.41, 5.74) is 2.19. The quantitative estimate of drug-likeness (QED) is 0.345. The van der Waals surface area contributed by atoms with Crippen LogP contribution in [-0.2, 0) is 20.7 Å². The van der Waals surface area contributed by atoms with Gasteiger partial charge in [0.2, 0.25) is 5.91 Å². The van der Waals surface area contributed by atoms with Crippen molar-refractivity contribution in [1.82, 2.24) is 15.5 Å². The van der Waals surface area contributed by atoms with E-state index in [4.69, 9.17) is 9.84 Å². The van der Waals surface area contributed by atoms with Gasteiger partial charge in [0.05, 0.1) is 6.04 Å². The van der Waals surface area contributed by atoms with E-state index in [1.54, 1.807) is 27.7 Å². The number of benzene rings is 2. The van der Waals surface area contributed by atoms with Crippen LogP contribution in [0.15, 0.2) is 60.7 Å². The molecule has 0 radical (unpaired) electrons. The maximum Gasteiger partial charge on any atom is 0.353 e. The average Bonchev–Trinajstić information content (AvgIpc) is 3.27. The summed E-state index contributed by atoms with van der Waals surface area (Å²) in [5, 5.41) is 20.9. The lowest BCUT2D eigenvalue weighted by molar-refractivity contribution is -0.157. The van der Waals surface area contributed by atoms with Gasteiger partial charge in [0.25, 0.3) is 0 Å². The van der Waals surface area contributed by atoms with Crippen molar-refractivity contribution in [3.8, 4) is 11.1 Å². The number of H-pyrrole nitrogens is 1. The van der Waals surface area contributed by atoms with Crippen LogP contribution < -0.4 is 10.6 Å². The summed E-state index contributed by atoms with van der Waals surface area (Å²) >= 11 is 0. The first kappa shape index (κ1) is 25.6. The molecule has 0 aliphatic heterocycles. The second-order valence-corrected chi connectivity index (χ2v) is 9.20. The number of hydrogen-bond donors (Lipinski definition) is 4. The Kier molecular flexibility index (Phi) is 8.03. The maximum absolute atomic E-state index is 13.1. The van der Waals surface area contributed by atoms with Crippen LogP contribution in [0.5, 0.6) is 0 Å². The van der Waals surface area contributed by atoms with E-state index < -0.39 is 35.5 Å². The maximum atomic E-state index is 13.1. The molecule has 3 aromatic rings. The Balaban J connectivity index is 1.77. The molecule has 4 N–H and O–H groups in total. The topological polar surface area (TPSA) is 133 Å². The molecule has 9 heteroatoms.